The Morgan fingerprint density at radius 2 is 2.29 bits per heavy atom. The second-order valence-electron chi connectivity index (χ2n) is 3.77. The van der Waals surface area contributed by atoms with Gasteiger partial charge in [-0.3, -0.25) is 4.79 Å². The molecule has 0 saturated heterocycles. The number of hydrogen-bond donors (Lipinski definition) is 2. The molecule has 0 aromatic carbocycles. The van der Waals surface area contributed by atoms with Crippen LogP contribution in [0.4, 0.5) is 0 Å². The molecule has 0 unspecified atom stereocenters. The third kappa shape index (κ3) is 6.06. The normalized spacial score (nSPS) is 9.94. The summed E-state index contributed by atoms with van der Waals surface area (Å²) in [6.07, 6.45) is 5.21. The minimum absolute atomic E-state index is 0.0320. The van der Waals surface area contributed by atoms with E-state index in [0.717, 1.165) is 25.0 Å². The molecule has 2 N–H and O–H groups in total. The summed E-state index contributed by atoms with van der Waals surface area (Å²) < 4.78 is 5.13. The van der Waals surface area contributed by atoms with Gasteiger partial charge in [-0.15, -0.1) is 0 Å². The van der Waals surface area contributed by atoms with E-state index in [1.165, 1.54) is 0 Å². The zero-order valence-corrected chi connectivity index (χ0v) is 10.8. The van der Waals surface area contributed by atoms with Crippen molar-refractivity contribution >= 4 is 23.2 Å². The lowest BCUT2D eigenvalue weighted by Crippen LogP contribution is -2.38. The van der Waals surface area contributed by atoms with E-state index in [-0.39, 0.29) is 5.91 Å². The Kier molecular flexibility index (Phi) is 6.32. The average molecular weight is 254 g/mol. The van der Waals surface area contributed by atoms with Gasteiger partial charge in [-0.25, -0.2) is 0 Å². The lowest BCUT2D eigenvalue weighted by molar-refractivity contribution is -0.119. The number of thiocarbonyl (C=S) groups is 1. The quantitative estimate of drug-likeness (QED) is 0.604. The molecule has 1 heterocycles. The van der Waals surface area contributed by atoms with Gasteiger partial charge < -0.3 is 15.1 Å². The van der Waals surface area contributed by atoms with Crippen molar-refractivity contribution < 1.29 is 9.21 Å². The summed E-state index contributed by atoms with van der Waals surface area (Å²) >= 11 is 5.00. The summed E-state index contributed by atoms with van der Waals surface area (Å²) in [6, 6.07) is 3.65. The average Bonchev–Trinajstić information content (AvgIpc) is 2.79. The summed E-state index contributed by atoms with van der Waals surface area (Å²) in [5.74, 6) is 0.753. The van der Waals surface area contributed by atoms with Gasteiger partial charge in [0.1, 0.15) is 5.76 Å². The van der Waals surface area contributed by atoms with Gasteiger partial charge in [-0.1, -0.05) is 19.8 Å². The predicted octanol–water partition coefficient (Wildman–Crippen LogP) is 2.35. The number of unbranched alkanes of at least 4 members (excludes halogenated alkanes) is 2. The lowest BCUT2D eigenvalue weighted by Gasteiger charge is -2.07. The largest absolute Gasteiger partial charge is 0.467 e. The minimum Gasteiger partial charge on any atom is -0.467 e. The Balaban J connectivity index is 2.14. The van der Waals surface area contributed by atoms with Crippen molar-refractivity contribution in [3.05, 3.63) is 24.2 Å². The first kappa shape index (κ1) is 13.7. The van der Waals surface area contributed by atoms with Gasteiger partial charge in [-0.05, 0) is 30.8 Å². The molecule has 1 aromatic heterocycles. The third-order valence-corrected chi connectivity index (χ3v) is 2.51. The first-order valence-corrected chi connectivity index (χ1v) is 6.23. The highest BCUT2D eigenvalue weighted by molar-refractivity contribution is 7.80. The molecule has 1 rings (SSSR count). The fourth-order valence-electron chi connectivity index (χ4n) is 1.35. The molecule has 4 nitrogen and oxygen atoms in total. The number of furan rings is 1. The van der Waals surface area contributed by atoms with Crippen LogP contribution in [0.25, 0.3) is 0 Å². The molecule has 5 heteroatoms. The molecule has 1 amide bonds. The number of hydrogen-bond acceptors (Lipinski definition) is 3. The highest BCUT2D eigenvalue weighted by atomic mass is 32.1. The van der Waals surface area contributed by atoms with E-state index in [1.807, 2.05) is 12.1 Å². The molecule has 0 saturated carbocycles. The summed E-state index contributed by atoms with van der Waals surface area (Å²) in [5.41, 5.74) is 0. The van der Waals surface area contributed by atoms with Gasteiger partial charge in [0.25, 0.3) is 0 Å². The smallest absolute Gasteiger partial charge is 0.226 e. The molecule has 0 atom stereocenters. The monoisotopic (exact) mass is 254 g/mol. The molecule has 0 bridgehead atoms. The molecule has 0 aliphatic carbocycles. The van der Waals surface area contributed by atoms with Crippen LogP contribution in [-0.2, 0) is 11.3 Å². The SMILES string of the molecule is CCCCCC(=O)NC(=S)NCc1ccco1. The van der Waals surface area contributed by atoms with Crippen LogP contribution < -0.4 is 10.6 Å². The van der Waals surface area contributed by atoms with Crippen LogP contribution in [-0.4, -0.2) is 11.0 Å². The molecule has 0 fully saturated rings. The first-order valence-electron chi connectivity index (χ1n) is 5.82. The van der Waals surface area contributed by atoms with Crippen molar-refractivity contribution in [1.29, 1.82) is 0 Å². The van der Waals surface area contributed by atoms with Gasteiger partial charge in [0.15, 0.2) is 5.11 Å². The lowest BCUT2D eigenvalue weighted by atomic mass is 10.2. The Labute approximate surface area is 107 Å². The standard InChI is InChI=1S/C12H18N2O2S/c1-2-3-4-7-11(15)14-12(17)13-9-10-6-5-8-16-10/h5-6,8H,2-4,7,9H2,1H3,(H2,13,14,15,17). The molecule has 0 radical (unpaired) electrons. The third-order valence-electron chi connectivity index (χ3n) is 2.26. The second-order valence-corrected chi connectivity index (χ2v) is 4.18. The van der Waals surface area contributed by atoms with Gasteiger partial charge >= 0.3 is 0 Å². The highest BCUT2D eigenvalue weighted by Gasteiger charge is 2.04. The minimum atomic E-state index is -0.0320. The Bertz CT molecular complexity index is 349. The second kappa shape index (κ2) is 7.84. The van der Waals surface area contributed by atoms with Crippen molar-refractivity contribution in [1.82, 2.24) is 10.6 Å². The van der Waals surface area contributed by atoms with E-state index < -0.39 is 0 Å². The van der Waals surface area contributed by atoms with Crippen LogP contribution in [0.5, 0.6) is 0 Å². The Hall–Kier alpha value is -1.36. The summed E-state index contributed by atoms with van der Waals surface area (Å²) in [5, 5.41) is 5.90. The van der Waals surface area contributed by atoms with E-state index >= 15 is 0 Å². The van der Waals surface area contributed by atoms with Crippen molar-refractivity contribution in [2.24, 2.45) is 0 Å². The zero-order valence-electron chi connectivity index (χ0n) is 9.99. The summed E-state index contributed by atoms with van der Waals surface area (Å²) in [6.45, 7) is 2.59. The fourth-order valence-corrected chi connectivity index (χ4v) is 1.54. The number of nitrogens with one attached hydrogen (secondary N) is 2. The van der Waals surface area contributed by atoms with Gasteiger partial charge in [-0.2, -0.15) is 0 Å². The topological polar surface area (TPSA) is 54.3 Å². The van der Waals surface area contributed by atoms with E-state index in [4.69, 9.17) is 16.6 Å². The Morgan fingerprint density at radius 1 is 1.47 bits per heavy atom. The van der Waals surface area contributed by atoms with Gasteiger partial charge in [0.2, 0.25) is 5.91 Å². The van der Waals surface area contributed by atoms with Gasteiger partial charge in [0, 0.05) is 6.42 Å². The molecule has 94 valence electrons. The number of rotatable bonds is 6. The van der Waals surface area contributed by atoms with Crippen LogP contribution >= 0.6 is 12.2 Å². The van der Waals surface area contributed by atoms with E-state index in [9.17, 15) is 4.79 Å². The molecular weight excluding hydrogens is 236 g/mol. The molecule has 17 heavy (non-hydrogen) atoms. The van der Waals surface area contributed by atoms with Crippen LogP contribution in [0, 0.1) is 0 Å². The van der Waals surface area contributed by atoms with E-state index in [2.05, 4.69) is 17.6 Å². The molecule has 0 spiro atoms. The summed E-state index contributed by atoms with van der Waals surface area (Å²) in [7, 11) is 0. The van der Waals surface area contributed by atoms with Gasteiger partial charge in [0.05, 0.1) is 12.8 Å². The van der Waals surface area contributed by atoms with Crippen LogP contribution in [0.15, 0.2) is 22.8 Å². The van der Waals surface area contributed by atoms with Crippen LogP contribution in [0.3, 0.4) is 0 Å². The number of carbonyl (C=O) groups excluding carboxylic acids is 1. The molecule has 0 aliphatic heterocycles. The maximum absolute atomic E-state index is 11.4. The maximum atomic E-state index is 11.4. The maximum Gasteiger partial charge on any atom is 0.226 e. The Morgan fingerprint density at radius 3 is 2.94 bits per heavy atom. The highest BCUT2D eigenvalue weighted by Crippen LogP contribution is 1.99. The number of amides is 1. The predicted molar refractivity (Wildman–Crippen MR) is 70.4 cm³/mol. The van der Waals surface area contributed by atoms with Crippen molar-refractivity contribution in [3.63, 3.8) is 0 Å². The fraction of sp³-hybridized carbons (Fsp3) is 0.500. The molecule has 0 aliphatic rings. The molecular formula is C12H18N2O2S. The van der Waals surface area contributed by atoms with Crippen molar-refractivity contribution in [3.8, 4) is 0 Å². The zero-order chi connectivity index (χ0) is 12.5. The summed E-state index contributed by atoms with van der Waals surface area (Å²) in [4.78, 5) is 11.4. The molecule has 1 aromatic rings. The van der Waals surface area contributed by atoms with Crippen molar-refractivity contribution in [2.75, 3.05) is 0 Å². The van der Waals surface area contributed by atoms with Crippen LogP contribution in [0.1, 0.15) is 38.4 Å². The first-order chi connectivity index (χ1) is 8.22. The van der Waals surface area contributed by atoms with E-state index in [1.54, 1.807) is 6.26 Å². The number of carbonyl (C=O) groups is 1. The van der Waals surface area contributed by atoms with E-state index in [0.29, 0.717) is 18.1 Å². The van der Waals surface area contributed by atoms with Crippen LogP contribution in [0.2, 0.25) is 0 Å². The van der Waals surface area contributed by atoms with Crippen molar-refractivity contribution in [2.45, 2.75) is 39.2 Å².